The molecule has 0 aliphatic carbocycles. The van der Waals surface area contributed by atoms with Crippen molar-refractivity contribution in [3.05, 3.63) is 45.2 Å². The molecule has 9 heteroatoms. The van der Waals surface area contributed by atoms with Crippen LogP contribution in [0.15, 0.2) is 23.8 Å². The van der Waals surface area contributed by atoms with Gasteiger partial charge in [-0.1, -0.05) is 37.0 Å². The van der Waals surface area contributed by atoms with Gasteiger partial charge in [-0.2, -0.15) is 10.4 Å². The van der Waals surface area contributed by atoms with Gasteiger partial charge in [-0.25, -0.2) is 0 Å². The van der Waals surface area contributed by atoms with Gasteiger partial charge in [-0.05, 0) is 37.1 Å². The molecule has 1 aliphatic heterocycles. The Kier molecular flexibility index (Phi) is 7.60. The van der Waals surface area contributed by atoms with E-state index in [1.807, 2.05) is 12.1 Å². The molecule has 7 nitrogen and oxygen atoms in total. The molecule has 2 aromatic rings. The van der Waals surface area contributed by atoms with Crippen LogP contribution in [-0.2, 0) is 16.1 Å². The van der Waals surface area contributed by atoms with Crippen LogP contribution in [0.4, 0.5) is 11.4 Å². The fraction of sp³-hybridized carbons (Fsp3) is 0.409. The standard InChI is InChI=1S/C22H25Cl2N5O2/c1-14(2)13-29-21(24)18(15(3)27-29)10-16(12-25)22(30)26-19-11-17(23)4-5-20(19)28-6-8-31-9-7-28/h4-5,10-11,14H,6-9,13H2,1-3H3,(H,26,30)/b16-10+. The average Bonchev–Trinajstić information content (AvgIpc) is 2.99. The lowest BCUT2D eigenvalue weighted by atomic mass is 10.1. The number of carbonyl (C=O) groups excluding carboxylic acids is 1. The number of amides is 1. The van der Waals surface area contributed by atoms with Crippen LogP contribution in [0.1, 0.15) is 25.1 Å². The number of halogens is 2. The normalized spacial score (nSPS) is 14.6. The summed E-state index contributed by atoms with van der Waals surface area (Å²) in [7, 11) is 0. The van der Waals surface area contributed by atoms with Gasteiger partial charge in [0, 0.05) is 30.2 Å². The van der Waals surface area contributed by atoms with Crippen LogP contribution in [0.25, 0.3) is 6.08 Å². The fourth-order valence-corrected chi connectivity index (χ4v) is 3.84. The number of rotatable bonds is 6. The molecule has 1 fully saturated rings. The van der Waals surface area contributed by atoms with Gasteiger partial charge in [0.2, 0.25) is 0 Å². The first-order valence-corrected chi connectivity index (χ1v) is 10.8. The van der Waals surface area contributed by atoms with Gasteiger partial charge in [-0.15, -0.1) is 0 Å². The monoisotopic (exact) mass is 461 g/mol. The summed E-state index contributed by atoms with van der Waals surface area (Å²) in [5.74, 6) is -0.180. The van der Waals surface area contributed by atoms with Gasteiger partial charge >= 0.3 is 0 Å². The maximum Gasteiger partial charge on any atom is 0.266 e. The molecular formula is C22H25Cl2N5O2. The zero-order valence-electron chi connectivity index (χ0n) is 17.8. The zero-order chi connectivity index (χ0) is 22.5. The molecule has 1 aromatic carbocycles. The van der Waals surface area contributed by atoms with Crippen LogP contribution in [0.5, 0.6) is 0 Å². The number of ether oxygens (including phenoxy) is 1. The number of aryl methyl sites for hydroxylation is 1. The first kappa shape index (κ1) is 23.1. The van der Waals surface area contributed by atoms with Crippen LogP contribution in [0.2, 0.25) is 10.2 Å². The fourth-order valence-electron chi connectivity index (χ4n) is 3.37. The predicted molar refractivity (Wildman–Crippen MR) is 124 cm³/mol. The number of anilines is 2. The van der Waals surface area contributed by atoms with Crippen molar-refractivity contribution in [2.24, 2.45) is 5.92 Å². The van der Waals surface area contributed by atoms with E-state index >= 15 is 0 Å². The van der Waals surface area contributed by atoms with Crippen molar-refractivity contribution in [1.29, 1.82) is 5.26 Å². The van der Waals surface area contributed by atoms with E-state index in [-0.39, 0.29) is 5.57 Å². The van der Waals surface area contributed by atoms with Crippen molar-refractivity contribution in [2.45, 2.75) is 27.3 Å². The highest BCUT2D eigenvalue weighted by atomic mass is 35.5. The highest BCUT2D eigenvalue weighted by molar-refractivity contribution is 6.32. The van der Waals surface area contributed by atoms with Crippen LogP contribution < -0.4 is 10.2 Å². The molecule has 3 rings (SSSR count). The maximum atomic E-state index is 12.9. The first-order valence-electron chi connectivity index (χ1n) is 10.1. The quantitative estimate of drug-likeness (QED) is 0.504. The Hall–Kier alpha value is -2.53. The lowest BCUT2D eigenvalue weighted by Gasteiger charge is -2.30. The number of nitriles is 1. The number of aromatic nitrogens is 2. The van der Waals surface area contributed by atoms with Gasteiger partial charge in [0.25, 0.3) is 5.91 Å². The van der Waals surface area contributed by atoms with Gasteiger partial charge in [-0.3, -0.25) is 9.48 Å². The number of morpholine rings is 1. The Morgan fingerprint density at radius 3 is 2.71 bits per heavy atom. The minimum absolute atomic E-state index is 0.0676. The minimum Gasteiger partial charge on any atom is -0.378 e. The van der Waals surface area contributed by atoms with Gasteiger partial charge in [0.15, 0.2) is 0 Å². The molecule has 2 heterocycles. The number of nitrogens with zero attached hydrogens (tertiary/aromatic N) is 4. The van der Waals surface area contributed by atoms with Crippen LogP contribution in [0, 0.1) is 24.2 Å². The van der Waals surface area contributed by atoms with Crippen molar-refractivity contribution >= 4 is 46.6 Å². The molecule has 0 bridgehead atoms. The second-order valence-electron chi connectivity index (χ2n) is 7.75. The van der Waals surface area contributed by atoms with E-state index in [1.54, 1.807) is 23.7 Å². The summed E-state index contributed by atoms with van der Waals surface area (Å²) in [5, 5.41) is 17.8. The maximum absolute atomic E-state index is 12.9. The number of hydrogen-bond donors (Lipinski definition) is 1. The van der Waals surface area contributed by atoms with Crippen molar-refractivity contribution in [2.75, 3.05) is 36.5 Å². The second kappa shape index (κ2) is 10.2. The number of hydrogen-bond acceptors (Lipinski definition) is 5. The van der Waals surface area contributed by atoms with Crippen molar-refractivity contribution in [3.63, 3.8) is 0 Å². The topological polar surface area (TPSA) is 83.2 Å². The minimum atomic E-state index is -0.536. The molecule has 1 aliphatic rings. The summed E-state index contributed by atoms with van der Waals surface area (Å²) < 4.78 is 7.10. The highest BCUT2D eigenvalue weighted by Gasteiger charge is 2.20. The third-order valence-electron chi connectivity index (χ3n) is 4.86. The smallest absolute Gasteiger partial charge is 0.266 e. The van der Waals surface area contributed by atoms with E-state index < -0.39 is 5.91 Å². The highest BCUT2D eigenvalue weighted by Crippen LogP contribution is 2.31. The van der Waals surface area contributed by atoms with Crippen LogP contribution in [0.3, 0.4) is 0 Å². The summed E-state index contributed by atoms with van der Waals surface area (Å²) >= 11 is 12.6. The molecule has 164 valence electrons. The largest absolute Gasteiger partial charge is 0.378 e. The van der Waals surface area contributed by atoms with Crippen molar-refractivity contribution in [3.8, 4) is 6.07 Å². The first-order chi connectivity index (χ1) is 14.8. The Morgan fingerprint density at radius 2 is 2.06 bits per heavy atom. The van der Waals surface area contributed by atoms with Crippen molar-refractivity contribution in [1.82, 2.24) is 9.78 Å². The molecule has 31 heavy (non-hydrogen) atoms. The molecule has 0 spiro atoms. The van der Waals surface area contributed by atoms with E-state index in [1.165, 1.54) is 6.08 Å². The van der Waals surface area contributed by atoms with Crippen LogP contribution in [-0.4, -0.2) is 42.0 Å². The molecule has 1 amide bonds. The molecule has 0 unspecified atom stereocenters. The summed E-state index contributed by atoms with van der Waals surface area (Å²) in [6, 6.07) is 7.28. The molecule has 0 atom stereocenters. The van der Waals surface area contributed by atoms with E-state index in [0.717, 1.165) is 5.69 Å². The molecule has 1 saturated heterocycles. The SMILES string of the molecule is Cc1nn(CC(C)C)c(Cl)c1/C=C(\C#N)C(=O)Nc1cc(Cl)ccc1N1CCOCC1. The van der Waals surface area contributed by atoms with E-state index in [4.69, 9.17) is 27.9 Å². The Morgan fingerprint density at radius 1 is 1.35 bits per heavy atom. The van der Waals surface area contributed by atoms with Crippen LogP contribution >= 0.6 is 23.2 Å². The average molecular weight is 462 g/mol. The van der Waals surface area contributed by atoms with Crippen molar-refractivity contribution < 1.29 is 9.53 Å². The van der Waals surface area contributed by atoms with E-state index in [2.05, 4.69) is 29.2 Å². The predicted octanol–water partition coefficient (Wildman–Crippen LogP) is 4.54. The lowest BCUT2D eigenvalue weighted by molar-refractivity contribution is -0.112. The third kappa shape index (κ3) is 5.59. The molecule has 0 radical (unpaired) electrons. The molecular weight excluding hydrogens is 437 g/mol. The number of carbonyl (C=O) groups is 1. The zero-order valence-corrected chi connectivity index (χ0v) is 19.3. The Balaban J connectivity index is 1.88. The lowest BCUT2D eigenvalue weighted by Crippen LogP contribution is -2.36. The van der Waals surface area contributed by atoms with E-state index in [0.29, 0.717) is 65.9 Å². The summed E-state index contributed by atoms with van der Waals surface area (Å²) in [6.45, 7) is 9.20. The molecule has 1 aromatic heterocycles. The van der Waals surface area contributed by atoms with Gasteiger partial charge < -0.3 is 15.0 Å². The molecule has 1 N–H and O–H groups in total. The molecule has 0 saturated carbocycles. The number of benzene rings is 1. The van der Waals surface area contributed by atoms with Gasteiger partial charge in [0.05, 0.1) is 30.3 Å². The summed E-state index contributed by atoms with van der Waals surface area (Å²) in [4.78, 5) is 15.1. The van der Waals surface area contributed by atoms with E-state index in [9.17, 15) is 10.1 Å². The summed E-state index contributed by atoms with van der Waals surface area (Å²) in [5.41, 5.74) is 2.52. The number of nitrogens with one attached hydrogen (secondary N) is 1. The van der Waals surface area contributed by atoms with Gasteiger partial charge in [0.1, 0.15) is 16.8 Å². The second-order valence-corrected chi connectivity index (χ2v) is 8.55. The summed E-state index contributed by atoms with van der Waals surface area (Å²) in [6.07, 6.45) is 1.48. The Bertz CT molecular complexity index is 1030. The Labute approximate surface area is 192 Å². The third-order valence-corrected chi connectivity index (χ3v) is 5.49.